The van der Waals surface area contributed by atoms with E-state index in [1.165, 1.54) is 38.5 Å². The second-order valence-electron chi connectivity index (χ2n) is 9.37. The molecule has 4 saturated carbocycles. The van der Waals surface area contributed by atoms with Crippen LogP contribution in [-0.2, 0) is 6.67 Å². The SMILES string of the molecule is Cc1nn(Cn2ccc(C(=O)N(C)C34CC5CC(CC(C5)C3)C4)n2)c(C)c1Cl. The van der Waals surface area contributed by atoms with Gasteiger partial charge in [-0.1, -0.05) is 11.6 Å². The molecule has 4 fully saturated rings. The third-order valence-corrected chi connectivity index (χ3v) is 8.00. The maximum atomic E-state index is 13.3. The first kappa shape index (κ1) is 18.2. The van der Waals surface area contributed by atoms with Gasteiger partial charge >= 0.3 is 0 Å². The third kappa shape index (κ3) is 2.79. The van der Waals surface area contributed by atoms with Crippen LogP contribution >= 0.6 is 11.6 Å². The average Bonchev–Trinajstić information content (AvgIpc) is 3.20. The predicted octanol–water partition coefficient (Wildman–Crippen LogP) is 3.90. The van der Waals surface area contributed by atoms with Gasteiger partial charge in [-0.2, -0.15) is 10.2 Å². The van der Waals surface area contributed by atoms with Crippen LogP contribution in [0.2, 0.25) is 5.02 Å². The maximum Gasteiger partial charge on any atom is 0.274 e. The first-order chi connectivity index (χ1) is 13.3. The molecule has 0 N–H and O–H groups in total. The van der Waals surface area contributed by atoms with Crippen molar-refractivity contribution in [3.63, 3.8) is 0 Å². The van der Waals surface area contributed by atoms with Crippen molar-refractivity contribution < 1.29 is 4.79 Å². The Morgan fingerprint density at radius 1 is 1.18 bits per heavy atom. The fourth-order valence-corrected chi connectivity index (χ4v) is 6.50. The largest absolute Gasteiger partial charge is 0.335 e. The lowest BCUT2D eigenvalue weighted by molar-refractivity contribution is -0.0667. The van der Waals surface area contributed by atoms with E-state index in [4.69, 9.17) is 11.6 Å². The number of amides is 1. The molecule has 0 aromatic carbocycles. The molecular formula is C21H28ClN5O. The number of aryl methyl sites for hydroxylation is 1. The Morgan fingerprint density at radius 2 is 1.79 bits per heavy atom. The first-order valence-corrected chi connectivity index (χ1v) is 10.7. The van der Waals surface area contributed by atoms with Gasteiger partial charge < -0.3 is 4.90 Å². The van der Waals surface area contributed by atoms with Crippen molar-refractivity contribution in [2.45, 2.75) is 64.6 Å². The molecule has 0 aliphatic heterocycles. The fraction of sp³-hybridized carbons (Fsp3) is 0.667. The normalized spacial score (nSPS) is 30.8. The molecule has 0 atom stereocenters. The van der Waals surface area contributed by atoms with E-state index in [1.54, 1.807) is 4.68 Å². The minimum Gasteiger partial charge on any atom is -0.335 e. The number of carbonyl (C=O) groups is 1. The number of hydrogen-bond donors (Lipinski definition) is 0. The van der Waals surface area contributed by atoms with E-state index in [2.05, 4.69) is 10.2 Å². The molecule has 0 unspecified atom stereocenters. The van der Waals surface area contributed by atoms with Gasteiger partial charge in [0.05, 0.1) is 16.4 Å². The smallest absolute Gasteiger partial charge is 0.274 e. The molecule has 6 rings (SSSR count). The van der Waals surface area contributed by atoms with E-state index >= 15 is 0 Å². The highest BCUT2D eigenvalue weighted by atomic mass is 35.5. The van der Waals surface area contributed by atoms with Gasteiger partial charge in [-0.25, -0.2) is 4.68 Å². The number of hydrogen-bond acceptors (Lipinski definition) is 3. The van der Waals surface area contributed by atoms with Crippen LogP contribution in [0.1, 0.15) is 60.4 Å². The van der Waals surface area contributed by atoms with Gasteiger partial charge in [-0.05, 0) is 76.2 Å². The van der Waals surface area contributed by atoms with Crippen LogP contribution in [0, 0.1) is 31.6 Å². The first-order valence-electron chi connectivity index (χ1n) is 10.4. The standard InChI is InChI=1S/C21H28ClN5O/c1-13-19(22)14(2)27(23-13)12-26-5-4-18(24-26)20(28)25(3)21-9-15-6-16(10-21)8-17(7-15)11-21/h4-5,15-17H,6-12H2,1-3H3. The van der Waals surface area contributed by atoms with Gasteiger partial charge in [-0.15, -0.1) is 0 Å². The summed E-state index contributed by atoms with van der Waals surface area (Å²) in [6.07, 6.45) is 9.50. The number of carbonyl (C=O) groups excluding carboxylic acids is 1. The number of rotatable bonds is 4. The molecule has 4 aliphatic carbocycles. The maximum absolute atomic E-state index is 13.3. The molecule has 0 spiro atoms. The van der Waals surface area contributed by atoms with Crippen molar-refractivity contribution in [3.8, 4) is 0 Å². The van der Waals surface area contributed by atoms with Crippen LogP contribution in [0.3, 0.4) is 0 Å². The minimum absolute atomic E-state index is 0.0482. The van der Waals surface area contributed by atoms with Gasteiger partial charge in [0.1, 0.15) is 12.4 Å². The topological polar surface area (TPSA) is 56.0 Å². The summed E-state index contributed by atoms with van der Waals surface area (Å²) in [7, 11) is 2.00. The quantitative estimate of drug-likeness (QED) is 0.780. The van der Waals surface area contributed by atoms with E-state index in [0.29, 0.717) is 17.4 Å². The van der Waals surface area contributed by atoms with E-state index < -0.39 is 0 Å². The summed E-state index contributed by atoms with van der Waals surface area (Å²) < 4.78 is 3.58. The zero-order valence-corrected chi connectivity index (χ0v) is 17.6. The summed E-state index contributed by atoms with van der Waals surface area (Å²) in [5.41, 5.74) is 2.29. The molecule has 7 heteroatoms. The number of nitrogens with zero attached hydrogens (tertiary/aromatic N) is 5. The third-order valence-electron chi connectivity index (χ3n) is 7.45. The van der Waals surface area contributed by atoms with Gasteiger partial charge in [0, 0.05) is 18.8 Å². The Bertz CT molecular complexity index is 894. The van der Waals surface area contributed by atoms with Crippen molar-refractivity contribution >= 4 is 17.5 Å². The van der Waals surface area contributed by atoms with Crippen LogP contribution in [0.15, 0.2) is 12.3 Å². The van der Waals surface area contributed by atoms with Gasteiger partial charge in [-0.3, -0.25) is 9.48 Å². The Labute approximate surface area is 170 Å². The van der Waals surface area contributed by atoms with Crippen LogP contribution in [0.4, 0.5) is 0 Å². The highest BCUT2D eigenvalue weighted by Crippen LogP contribution is 2.57. The zero-order chi connectivity index (χ0) is 19.6. The van der Waals surface area contributed by atoms with Crippen molar-refractivity contribution in [3.05, 3.63) is 34.4 Å². The Hall–Kier alpha value is -1.82. The van der Waals surface area contributed by atoms with Crippen LogP contribution < -0.4 is 0 Å². The highest BCUT2D eigenvalue weighted by Gasteiger charge is 2.54. The lowest BCUT2D eigenvalue weighted by Crippen LogP contribution is -2.60. The molecule has 0 radical (unpaired) electrons. The van der Waals surface area contributed by atoms with Crippen LogP contribution in [0.25, 0.3) is 0 Å². The lowest BCUT2D eigenvalue weighted by atomic mass is 9.52. The zero-order valence-electron chi connectivity index (χ0n) is 16.9. The molecule has 4 bridgehead atoms. The Balaban J connectivity index is 1.34. The molecule has 2 aromatic heterocycles. The Kier molecular flexibility index (Phi) is 4.13. The second kappa shape index (κ2) is 6.34. The Morgan fingerprint density at radius 3 is 2.32 bits per heavy atom. The van der Waals surface area contributed by atoms with E-state index in [9.17, 15) is 4.79 Å². The van der Waals surface area contributed by atoms with E-state index in [0.717, 1.165) is 29.1 Å². The molecule has 6 nitrogen and oxygen atoms in total. The van der Waals surface area contributed by atoms with Crippen molar-refractivity contribution in [2.75, 3.05) is 7.05 Å². The van der Waals surface area contributed by atoms with E-state index in [1.807, 2.05) is 42.7 Å². The van der Waals surface area contributed by atoms with Crippen LogP contribution in [-0.4, -0.2) is 43.0 Å². The van der Waals surface area contributed by atoms with Crippen molar-refractivity contribution in [1.82, 2.24) is 24.5 Å². The predicted molar refractivity (Wildman–Crippen MR) is 107 cm³/mol. The van der Waals surface area contributed by atoms with E-state index in [-0.39, 0.29) is 11.4 Å². The van der Waals surface area contributed by atoms with Gasteiger partial charge in [0.25, 0.3) is 5.91 Å². The summed E-state index contributed by atoms with van der Waals surface area (Å²) in [5.74, 6) is 2.49. The molecule has 0 saturated heterocycles. The molecule has 2 heterocycles. The number of halogens is 1. The lowest BCUT2D eigenvalue weighted by Gasteiger charge is -2.59. The molecule has 150 valence electrons. The van der Waals surface area contributed by atoms with Gasteiger partial charge in [0.15, 0.2) is 0 Å². The summed E-state index contributed by atoms with van der Waals surface area (Å²) in [4.78, 5) is 15.3. The fourth-order valence-electron chi connectivity index (χ4n) is 6.37. The van der Waals surface area contributed by atoms with Crippen molar-refractivity contribution in [2.24, 2.45) is 17.8 Å². The van der Waals surface area contributed by atoms with Crippen molar-refractivity contribution in [1.29, 1.82) is 0 Å². The summed E-state index contributed by atoms with van der Waals surface area (Å²) in [6, 6.07) is 1.83. The number of aromatic nitrogens is 4. The summed E-state index contributed by atoms with van der Waals surface area (Å²) in [5, 5.41) is 9.69. The van der Waals surface area contributed by atoms with Gasteiger partial charge in [0.2, 0.25) is 0 Å². The second-order valence-corrected chi connectivity index (χ2v) is 9.75. The molecule has 28 heavy (non-hydrogen) atoms. The average molecular weight is 402 g/mol. The monoisotopic (exact) mass is 401 g/mol. The summed E-state index contributed by atoms with van der Waals surface area (Å²) in [6.45, 7) is 4.29. The molecule has 1 amide bonds. The summed E-state index contributed by atoms with van der Waals surface area (Å²) >= 11 is 6.24. The molecule has 4 aliphatic rings. The minimum atomic E-state index is 0.0482. The molecule has 2 aromatic rings. The van der Waals surface area contributed by atoms with Crippen LogP contribution in [0.5, 0.6) is 0 Å². The highest BCUT2D eigenvalue weighted by molar-refractivity contribution is 6.31. The molecular weight excluding hydrogens is 374 g/mol.